The van der Waals surface area contributed by atoms with Crippen LogP contribution in [0, 0.1) is 27.2 Å². The standard InChI is InChI=1S/C23H14N2O6/c1-13-10-15(21(25(30)31)12-20(13)24(28)29)8-6-14-7-9-18-19(11-14)23(27)17-5-3-2-4-16(17)22(18)26/h2-12H,1H3. The molecule has 1 aliphatic carbocycles. The third kappa shape index (κ3) is 3.40. The molecule has 0 N–H and O–H groups in total. The normalized spacial score (nSPS) is 12.5. The zero-order valence-electron chi connectivity index (χ0n) is 16.2. The van der Waals surface area contributed by atoms with Gasteiger partial charge < -0.3 is 0 Å². The van der Waals surface area contributed by atoms with Gasteiger partial charge in [0, 0.05) is 27.8 Å². The van der Waals surface area contributed by atoms with Crippen molar-refractivity contribution in [3.63, 3.8) is 0 Å². The molecular formula is C23H14N2O6. The van der Waals surface area contributed by atoms with Crippen molar-refractivity contribution in [3.05, 3.63) is 114 Å². The summed E-state index contributed by atoms with van der Waals surface area (Å²) in [6.07, 6.45) is 3.02. The summed E-state index contributed by atoms with van der Waals surface area (Å²) in [5.41, 5.74) is 1.58. The lowest BCUT2D eigenvalue weighted by molar-refractivity contribution is -0.394. The fraction of sp³-hybridized carbons (Fsp3) is 0.0435. The molecule has 0 aliphatic heterocycles. The van der Waals surface area contributed by atoms with Crippen LogP contribution < -0.4 is 0 Å². The van der Waals surface area contributed by atoms with Gasteiger partial charge in [-0.15, -0.1) is 0 Å². The Kier molecular flexibility index (Phi) is 4.75. The minimum absolute atomic E-state index is 0.193. The molecule has 0 radical (unpaired) electrons. The van der Waals surface area contributed by atoms with Gasteiger partial charge in [0.1, 0.15) is 0 Å². The molecule has 3 aromatic rings. The minimum Gasteiger partial charge on any atom is -0.289 e. The maximum absolute atomic E-state index is 12.8. The summed E-state index contributed by atoms with van der Waals surface area (Å²) in [5, 5.41) is 22.4. The molecule has 0 spiro atoms. The van der Waals surface area contributed by atoms with Crippen molar-refractivity contribution in [3.8, 4) is 0 Å². The molecule has 0 unspecified atom stereocenters. The Balaban J connectivity index is 1.74. The summed E-state index contributed by atoms with van der Waals surface area (Å²) in [6.45, 7) is 1.50. The Labute approximate surface area is 175 Å². The van der Waals surface area contributed by atoms with Gasteiger partial charge in [-0.05, 0) is 36.8 Å². The second-order valence-electron chi connectivity index (χ2n) is 7.05. The first kappa shape index (κ1) is 19.8. The van der Waals surface area contributed by atoms with E-state index in [9.17, 15) is 29.8 Å². The summed E-state index contributed by atoms with van der Waals surface area (Å²) >= 11 is 0. The number of fused-ring (bicyclic) bond motifs is 2. The van der Waals surface area contributed by atoms with Crippen LogP contribution in [0.1, 0.15) is 48.5 Å². The molecule has 0 saturated carbocycles. The largest absolute Gasteiger partial charge is 0.289 e. The predicted octanol–water partition coefficient (Wildman–Crippen LogP) is 4.76. The first-order valence-corrected chi connectivity index (χ1v) is 9.22. The number of carbonyl (C=O) groups excluding carboxylic acids is 2. The summed E-state index contributed by atoms with van der Waals surface area (Å²) in [6, 6.07) is 13.7. The van der Waals surface area contributed by atoms with Crippen LogP contribution in [-0.2, 0) is 0 Å². The van der Waals surface area contributed by atoms with Gasteiger partial charge in [-0.25, -0.2) is 0 Å². The monoisotopic (exact) mass is 414 g/mol. The SMILES string of the molecule is Cc1cc(C=Cc2ccc3c(c2)C(=O)c2ccccc2C3=O)c([N+](=O)[O-])cc1[N+](=O)[O-]. The Morgan fingerprint density at radius 2 is 1.29 bits per heavy atom. The first-order chi connectivity index (χ1) is 14.8. The molecule has 0 amide bonds. The van der Waals surface area contributed by atoms with E-state index in [1.807, 2.05) is 0 Å². The van der Waals surface area contributed by atoms with Crippen molar-refractivity contribution in [1.29, 1.82) is 0 Å². The van der Waals surface area contributed by atoms with E-state index >= 15 is 0 Å². The summed E-state index contributed by atoms with van der Waals surface area (Å²) in [5.74, 6) is -0.500. The van der Waals surface area contributed by atoms with Gasteiger partial charge in [-0.3, -0.25) is 29.8 Å². The highest BCUT2D eigenvalue weighted by Gasteiger charge is 2.29. The van der Waals surface area contributed by atoms with Crippen molar-refractivity contribution in [2.24, 2.45) is 0 Å². The van der Waals surface area contributed by atoms with Crippen molar-refractivity contribution >= 4 is 35.1 Å². The molecule has 4 rings (SSSR count). The van der Waals surface area contributed by atoms with Gasteiger partial charge in [0.25, 0.3) is 11.4 Å². The smallest absolute Gasteiger partial charge is 0.283 e. The molecule has 0 bridgehead atoms. The molecule has 8 heteroatoms. The van der Waals surface area contributed by atoms with E-state index in [0.29, 0.717) is 22.3 Å². The van der Waals surface area contributed by atoms with Gasteiger partial charge in [0.05, 0.1) is 21.5 Å². The third-order valence-corrected chi connectivity index (χ3v) is 5.14. The highest BCUT2D eigenvalue weighted by molar-refractivity contribution is 6.28. The summed E-state index contributed by atoms with van der Waals surface area (Å²) in [7, 11) is 0. The lowest BCUT2D eigenvalue weighted by Crippen LogP contribution is -2.20. The lowest BCUT2D eigenvalue weighted by atomic mass is 9.83. The number of nitrogens with zero attached hydrogens (tertiary/aromatic N) is 2. The van der Waals surface area contributed by atoms with E-state index in [4.69, 9.17) is 0 Å². The number of aryl methyl sites for hydroxylation is 1. The van der Waals surface area contributed by atoms with Crippen LogP contribution in [0.2, 0.25) is 0 Å². The molecule has 0 fully saturated rings. The molecule has 0 saturated heterocycles. The molecule has 31 heavy (non-hydrogen) atoms. The summed E-state index contributed by atoms with van der Waals surface area (Å²) in [4.78, 5) is 46.6. The van der Waals surface area contributed by atoms with Crippen LogP contribution in [0.15, 0.2) is 54.6 Å². The molecule has 8 nitrogen and oxygen atoms in total. The lowest BCUT2D eigenvalue weighted by Gasteiger charge is -2.17. The first-order valence-electron chi connectivity index (χ1n) is 9.22. The van der Waals surface area contributed by atoms with E-state index in [-0.39, 0.29) is 33.9 Å². The average molecular weight is 414 g/mol. The van der Waals surface area contributed by atoms with Crippen LogP contribution in [0.3, 0.4) is 0 Å². The van der Waals surface area contributed by atoms with Gasteiger partial charge in [0.2, 0.25) is 0 Å². The third-order valence-electron chi connectivity index (χ3n) is 5.14. The number of ketones is 2. The van der Waals surface area contributed by atoms with Gasteiger partial charge >= 0.3 is 0 Å². The fourth-order valence-electron chi connectivity index (χ4n) is 3.60. The Morgan fingerprint density at radius 1 is 0.710 bits per heavy atom. The van der Waals surface area contributed by atoms with Gasteiger partial charge in [0.15, 0.2) is 11.6 Å². The van der Waals surface area contributed by atoms with Crippen LogP contribution in [0.25, 0.3) is 12.2 Å². The van der Waals surface area contributed by atoms with E-state index < -0.39 is 15.5 Å². The second-order valence-corrected chi connectivity index (χ2v) is 7.05. The van der Waals surface area contributed by atoms with Crippen LogP contribution in [-0.4, -0.2) is 21.4 Å². The topological polar surface area (TPSA) is 120 Å². The van der Waals surface area contributed by atoms with Gasteiger partial charge in [-0.2, -0.15) is 0 Å². The second kappa shape index (κ2) is 7.42. The number of rotatable bonds is 4. The quantitative estimate of drug-likeness (QED) is 0.270. The number of nitro benzene ring substituents is 2. The number of carbonyl (C=O) groups is 2. The van der Waals surface area contributed by atoms with Crippen LogP contribution in [0.4, 0.5) is 11.4 Å². The molecule has 152 valence electrons. The number of hydrogen-bond donors (Lipinski definition) is 0. The highest BCUT2D eigenvalue weighted by Crippen LogP contribution is 2.31. The van der Waals surface area contributed by atoms with Crippen molar-refractivity contribution in [1.82, 2.24) is 0 Å². The maximum atomic E-state index is 12.8. The van der Waals surface area contributed by atoms with Crippen molar-refractivity contribution in [2.75, 3.05) is 0 Å². The summed E-state index contributed by atoms with van der Waals surface area (Å²) < 4.78 is 0. The predicted molar refractivity (Wildman–Crippen MR) is 113 cm³/mol. The van der Waals surface area contributed by atoms with Crippen molar-refractivity contribution in [2.45, 2.75) is 6.92 Å². The average Bonchev–Trinajstić information content (AvgIpc) is 2.75. The van der Waals surface area contributed by atoms with Crippen LogP contribution in [0.5, 0.6) is 0 Å². The van der Waals surface area contributed by atoms with Gasteiger partial charge in [-0.1, -0.05) is 36.4 Å². The van der Waals surface area contributed by atoms with Crippen LogP contribution >= 0.6 is 0 Å². The van der Waals surface area contributed by atoms with E-state index in [1.54, 1.807) is 48.5 Å². The Morgan fingerprint density at radius 3 is 1.90 bits per heavy atom. The maximum Gasteiger partial charge on any atom is 0.283 e. The fourth-order valence-corrected chi connectivity index (χ4v) is 3.60. The molecular weight excluding hydrogens is 400 g/mol. The van der Waals surface area contributed by atoms with Crippen molar-refractivity contribution < 1.29 is 19.4 Å². The molecule has 3 aromatic carbocycles. The van der Waals surface area contributed by atoms with E-state index in [0.717, 1.165) is 6.07 Å². The van der Waals surface area contributed by atoms with E-state index in [2.05, 4.69) is 0 Å². The number of benzene rings is 3. The Hall–Kier alpha value is -4.46. The van der Waals surface area contributed by atoms with E-state index in [1.165, 1.54) is 19.1 Å². The molecule has 0 aromatic heterocycles. The molecule has 1 aliphatic rings. The molecule has 0 atom stereocenters. The minimum atomic E-state index is -0.682. The Bertz CT molecular complexity index is 1340. The zero-order chi connectivity index (χ0) is 22.3. The molecule has 0 heterocycles. The number of nitro groups is 2. The zero-order valence-corrected chi connectivity index (χ0v) is 16.2. The highest BCUT2D eigenvalue weighted by atomic mass is 16.6. The number of hydrogen-bond acceptors (Lipinski definition) is 6.